The predicted octanol–water partition coefficient (Wildman–Crippen LogP) is 3.19. The van der Waals surface area contributed by atoms with Crippen molar-refractivity contribution in [2.24, 2.45) is 0 Å². The molecule has 4 heteroatoms. The highest BCUT2D eigenvalue weighted by molar-refractivity contribution is 5.16. The number of nitrogens with zero attached hydrogens (tertiary/aromatic N) is 2. The summed E-state index contributed by atoms with van der Waals surface area (Å²) < 4.78 is 11.9. The Morgan fingerprint density at radius 2 is 2.23 bits per heavy atom. The van der Waals surface area contributed by atoms with E-state index in [9.17, 15) is 0 Å². The Morgan fingerprint density at radius 1 is 1.36 bits per heavy atom. The Balaban J connectivity index is 1.58. The lowest BCUT2D eigenvalue weighted by molar-refractivity contribution is -0.00911. The average molecular weight is 304 g/mol. The van der Waals surface area contributed by atoms with Gasteiger partial charge in [0.05, 0.1) is 12.7 Å². The van der Waals surface area contributed by atoms with Gasteiger partial charge >= 0.3 is 0 Å². The zero-order valence-electron chi connectivity index (χ0n) is 14.0. The highest BCUT2D eigenvalue weighted by Crippen LogP contribution is 2.42. The van der Waals surface area contributed by atoms with Gasteiger partial charge in [-0.05, 0) is 58.6 Å². The van der Waals surface area contributed by atoms with Crippen LogP contribution >= 0.6 is 0 Å². The van der Waals surface area contributed by atoms with Crippen LogP contribution in [-0.2, 0) is 4.74 Å². The average Bonchev–Trinajstić information content (AvgIpc) is 3.04. The Hall–Kier alpha value is -1.13. The maximum atomic E-state index is 5.96. The molecule has 2 fully saturated rings. The van der Waals surface area contributed by atoms with Gasteiger partial charge in [-0.3, -0.25) is 4.90 Å². The molecule has 2 aliphatic rings. The summed E-state index contributed by atoms with van der Waals surface area (Å²) in [6.07, 6.45) is 7.15. The van der Waals surface area contributed by atoms with Gasteiger partial charge in [0.15, 0.2) is 0 Å². The van der Waals surface area contributed by atoms with Gasteiger partial charge in [0.1, 0.15) is 6.61 Å². The fraction of sp³-hybridized carbons (Fsp3) is 0.722. The van der Waals surface area contributed by atoms with E-state index in [0.717, 1.165) is 24.7 Å². The first kappa shape index (κ1) is 15.8. The summed E-state index contributed by atoms with van der Waals surface area (Å²) in [5.74, 6) is 0.737. The number of pyridine rings is 1. The molecule has 0 bridgehead atoms. The van der Waals surface area contributed by atoms with Crippen molar-refractivity contribution >= 4 is 0 Å². The van der Waals surface area contributed by atoms with E-state index in [4.69, 9.17) is 9.47 Å². The molecular formula is C18H28N2O2. The van der Waals surface area contributed by atoms with Gasteiger partial charge in [-0.2, -0.15) is 0 Å². The second-order valence-electron chi connectivity index (χ2n) is 7.06. The van der Waals surface area contributed by atoms with E-state index in [1.54, 1.807) is 0 Å². The number of fused-ring (bicyclic) bond motifs is 1. The Morgan fingerprint density at radius 3 is 2.95 bits per heavy atom. The van der Waals surface area contributed by atoms with Gasteiger partial charge in [-0.25, -0.2) is 4.98 Å². The first-order valence-electron chi connectivity index (χ1n) is 8.53. The van der Waals surface area contributed by atoms with Gasteiger partial charge in [-0.1, -0.05) is 6.07 Å². The molecular weight excluding hydrogens is 276 g/mol. The SMILES string of the molecule is Cc1ccc(OC[C@@H]2CC[C@]3(COC(C)C)CCCN23)nc1. The number of ether oxygens (including phenoxy) is 2. The smallest absolute Gasteiger partial charge is 0.213 e. The van der Waals surface area contributed by atoms with E-state index < -0.39 is 0 Å². The largest absolute Gasteiger partial charge is 0.476 e. The molecule has 3 heterocycles. The number of aryl methyl sites for hydroxylation is 1. The van der Waals surface area contributed by atoms with Crippen LogP contribution in [0.4, 0.5) is 0 Å². The van der Waals surface area contributed by atoms with Crippen LogP contribution in [-0.4, -0.2) is 47.3 Å². The predicted molar refractivity (Wildman–Crippen MR) is 87.3 cm³/mol. The summed E-state index contributed by atoms with van der Waals surface area (Å²) in [6.45, 7) is 9.06. The molecule has 0 amide bonds. The van der Waals surface area contributed by atoms with E-state index in [2.05, 4.69) is 23.7 Å². The molecule has 1 aromatic heterocycles. The first-order chi connectivity index (χ1) is 10.6. The second kappa shape index (κ2) is 6.55. The van der Waals surface area contributed by atoms with Crippen molar-refractivity contribution in [3.63, 3.8) is 0 Å². The highest BCUT2D eigenvalue weighted by Gasteiger charge is 2.49. The van der Waals surface area contributed by atoms with Crippen molar-refractivity contribution in [3.8, 4) is 5.88 Å². The minimum Gasteiger partial charge on any atom is -0.476 e. The zero-order valence-corrected chi connectivity index (χ0v) is 14.0. The number of hydrogen-bond donors (Lipinski definition) is 0. The van der Waals surface area contributed by atoms with E-state index >= 15 is 0 Å². The van der Waals surface area contributed by atoms with E-state index in [-0.39, 0.29) is 5.54 Å². The van der Waals surface area contributed by atoms with Gasteiger partial charge in [-0.15, -0.1) is 0 Å². The zero-order chi connectivity index (χ0) is 15.6. The lowest BCUT2D eigenvalue weighted by atomic mass is 9.95. The maximum absolute atomic E-state index is 5.96. The van der Waals surface area contributed by atoms with Gasteiger partial charge in [0, 0.05) is 23.8 Å². The quantitative estimate of drug-likeness (QED) is 0.808. The third-order valence-electron chi connectivity index (χ3n) is 5.03. The normalized spacial score (nSPS) is 28.3. The summed E-state index contributed by atoms with van der Waals surface area (Å²) >= 11 is 0. The van der Waals surface area contributed by atoms with Crippen molar-refractivity contribution in [1.82, 2.24) is 9.88 Å². The molecule has 0 radical (unpaired) electrons. The van der Waals surface area contributed by atoms with Crippen LogP contribution < -0.4 is 4.74 Å². The van der Waals surface area contributed by atoms with Crippen LogP contribution in [0.5, 0.6) is 5.88 Å². The summed E-state index contributed by atoms with van der Waals surface area (Å²) in [6, 6.07) is 4.51. The van der Waals surface area contributed by atoms with Gasteiger partial charge in [0.25, 0.3) is 0 Å². The highest BCUT2D eigenvalue weighted by atomic mass is 16.5. The molecule has 0 spiro atoms. The molecule has 4 nitrogen and oxygen atoms in total. The van der Waals surface area contributed by atoms with Crippen LogP contribution in [0.25, 0.3) is 0 Å². The van der Waals surface area contributed by atoms with Gasteiger partial charge in [0.2, 0.25) is 5.88 Å². The lowest BCUT2D eigenvalue weighted by Gasteiger charge is -2.35. The minimum absolute atomic E-state index is 0.263. The molecule has 22 heavy (non-hydrogen) atoms. The first-order valence-corrected chi connectivity index (χ1v) is 8.53. The van der Waals surface area contributed by atoms with E-state index in [1.165, 1.54) is 32.2 Å². The summed E-state index contributed by atoms with van der Waals surface area (Å²) in [7, 11) is 0. The third-order valence-corrected chi connectivity index (χ3v) is 5.03. The minimum atomic E-state index is 0.263. The number of aromatic nitrogens is 1. The molecule has 2 aliphatic heterocycles. The number of rotatable bonds is 6. The van der Waals surface area contributed by atoms with Crippen LogP contribution in [0.2, 0.25) is 0 Å². The van der Waals surface area contributed by atoms with Crippen molar-refractivity contribution < 1.29 is 9.47 Å². The molecule has 0 aliphatic carbocycles. The molecule has 0 unspecified atom stereocenters. The van der Waals surface area contributed by atoms with E-state index in [1.807, 2.05) is 25.3 Å². The molecule has 1 aromatic rings. The number of hydrogen-bond acceptors (Lipinski definition) is 4. The summed E-state index contributed by atoms with van der Waals surface area (Å²) in [5, 5.41) is 0. The Kier molecular flexibility index (Phi) is 4.69. The van der Waals surface area contributed by atoms with Crippen LogP contribution in [0.1, 0.15) is 45.1 Å². The fourth-order valence-corrected chi connectivity index (χ4v) is 3.83. The summed E-state index contributed by atoms with van der Waals surface area (Å²) in [5.41, 5.74) is 1.43. The van der Waals surface area contributed by atoms with Gasteiger partial charge < -0.3 is 9.47 Å². The molecule has 2 atom stereocenters. The molecule has 0 aromatic carbocycles. The molecule has 0 saturated carbocycles. The van der Waals surface area contributed by atoms with Crippen molar-refractivity contribution in [3.05, 3.63) is 23.9 Å². The van der Waals surface area contributed by atoms with Crippen molar-refractivity contribution in [1.29, 1.82) is 0 Å². The van der Waals surface area contributed by atoms with E-state index in [0.29, 0.717) is 12.1 Å². The molecule has 0 N–H and O–H groups in total. The maximum Gasteiger partial charge on any atom is 0.213 e. The Labute approximate surface area is 133 Å². The van der Waals surface area contributed by atoms with Crippen molar-refractivity contribution in [2.45, 2.75) is 64.1 Å². The third kappa shape index (κ3) is 3.28. The second-order valence-corrected chi connectivity index (χ2v) is 7.06. The lowest BCUT2D eigenvalue weighted by Crippen LogP contribution is -2.47. The standard InChI is InChI=1S/C18H28N2O2/c1-14(2)22-13-18-8-4-10-20(18)16(7-9-18)12-21-17-6-5-15(3)11-19-17/h5-6,11,14,16H,4,7-10,12-13H2,1-3H3/t16-,18-/m0/s1. The monoisotopic (exact) mass is 304 g/mol. The Bertz CT molecular complexity index is 488. The van der Waals surface area contributed by atoms with Crippen LogP contribution in [0, 0.1) is 6.92 Å². The van der Waals surface area contributed by atoms with Crippen LogP contribution in [0.3, 0.4) is 0 Å². The molecule has 2 saturated heterocycles. The molecule has 122 valence electrons. The topological polar surface area (TPSA) is 34.6 Å². The fourth-order valence-electron chi connectivity index (χ4n) is 3.83. The van der Waals surface area contributed by atoms with Crippen molar-refractivity contribution in [2.75, 3.05) is 19.8 Å². The molecule has 3 rings (SSSR count). The summed E-state index contributed by atoms with van der Waals surface area (Å²) in [4.78, 5) is 6.98. The van der Waals surface area contributed by atoms with Crippen LogP contribution in [0.15, 0.2) is 18.3 Å².